The molecular formula is C20H29NO7S. The number of ether oxygens (including phenoxy) is 4. The summed E-state index contributed by atoms with van der Waals surface area (Å²) >= 11 is 0. The van der Waals surface area contributed by atoms with Gasteiger partial charge < -0.3 is 24.1 Å². The molecule has 29 heavy (non-hydrogen) atoms. The fourth-order valence-corrected chi connectivity index (χ4v) is 5.95. The molecule has 0 bridgehead atoms. The number of nitrogens with zero attached hydrogens (tertiary/aromatic N) is 1. The molecule has 0 amide bonds. The lowest BCUT2D eigenvalue weighted by molar-refractivity contribution is -0.225. The van der Waals surface area contributed by atoms with Gasteiger partial charge in [-0.1, -0.05) is 30.3 Å². The number of β-amino-alcohol motifs (C(OH)–C–C–N with tert-alkyl or cyclic N) is 1. The molecule has 162 valence electrons. The molecule has 4 rings (SSSR count). The maximum absolute atomic E-state index is 12.4. The van der Waals surface area contributed by atoms with Gasteiger partial charge in [-0.15, -0.1) is 0 Å². The van der Waals surface area contributed by atoms with E-state index in [2.05, 4.69) is 0 Å². The summed E-state index contributed by atoms with van der Waals surface area (Å²) in [7, 11) is -3.20. The Bertz CT molecular complexity index is 800. The first-order valence-corrected chi connectivity index (χ1v) is 11.8. The molecule has 1 aromatic carbocycles. The van der Waals surface area contributed by atoms with Crippen LogP contribution in [0.4, 0.5) is 0 Å². The van der Waals surface area contributed by atoms with Crippen molar-refractivity contribution >= 4 is 9.84 Å². The molecule has 3 aliphatic rings. The van der Waals surface area contributed by atoms with Gasteiger partial charge >= 0.3 is 0 Å². The Morgan fingerprint density at radius 2 is 1.97 bits per heavy atom. The maximum atomic E-state index is 12.4. The van der Waals surface area contributed by atoms with Crippen molar-refractivity contribution in [1.29, 1.82) is 0 Å². The topological polar surface area (TPSA) is 94.5 Å². The van der Waals surface area contributed by atoms with Crippen molar-refractivity contribution in [3.05, 3.63) is 35.9 Å². The van der Waals surface area contributed by atoms with Gasteiger partial charge in [0, 0.05) is 13.1 Å². The standard InChI is InChI=1S/C20H29NO7S/c1-20(2)27-18-17(25-12-14-6-4-3-5-7-14)16(26-19(18)28-20)15-13-29(23,24)11-9-21(15)8-10-22/h3-7,15-19,22H,8-13H2,1-2H3/t15-,16+,17-,18+,19+/m0/s1. The molecule has 5 atom stereocenters. The molecule has 3 saturated heterocycles. The van der Waals surface area contributed by atoms with E-state index >= 15 is 0 Å². The molecule has 8 nitrogen and oxygen atoms in total. The summed E-state index contributed by atoms with van der Waals surface area (Å²) < 4.78 is 49.1. The lowest BCUT2D eigenvalue weighted by Crippen LogP contribution is -2.58. The lowest BCUT2D eigenvalue weighted by atomic mass is 10.0. The molecule has 0 aromatic heterocycles. The Balaban J connectivity index is 1.57. The number of sulfone groups is 1. The van der Waals surface area contributed by atoms with Crippen LogP contribution in [-0.2, 0) is 35.4 Å². The van der Waals surface area contributed by atoms with Crippen LogP contribution in [0.1, 0.15) is 19.4 Å². The quantitative estimate of drug-likeness (QED) is 0.703. The lowest BCUT2D eigenvalue weighted by Gasteiger charge is -2.40. The number of hydrogen-bond donors (Lipinski definition) is 1. The van der Waals surface area contributed by atoms with Crippen LogP contribution in [0, 0.1) is 0 Å². The Labute approximate surface area is 171 Å². The Kier molecular flexibility index (Phi) is 6.00. The van der Waals surface area contributed by atoms with Crippen molar-refractivity contribution in [3.63, 3.8) is 0 Å². The summed E-state index contributed by atoms with van der Waals surface area (Å²) in [5.74, 6) is -0.748. The monoisotopic (exact) mass is 427 g/mol. The molecule has 3 aliphatic heterocycles. The normalized spacial score (nSPS) is 36.2. The Morgan fingerprint density at radius 3 is 2.69 bits per heavy atom. The van der Waals surface area contributed by atoms with Crippen LogP contribution >= 0.6 is 0 Å². The smallest absolute Gasteiger partial charge is 0.190 e. The Hall–Kier alpha value is -1.07. The summed E-state index contributed by atoms with van der Waals surface area (Å²) in [4.78, 5) is 1.97. The molecule has 9 heteroatoms. The van der Waals surface area contributed by atoms with Crippen molar-refractivity contribution in [2.24, 2.45) is 0 Å². The zero-order valence-corrected chi connectivity index (χ0v) is 17.6. The van der Waals surface area contributed by atoms with Crippen LogP contribution in [0.15, 0.2) is 30.3 Å². The van der Waals surface area contributed by atoms with E-state index in [1.165, 1.54) is 0 Å². The molecule has 0 radical (unpaired) electrons. The minimum Gasteiger partial charge on any atom is -0.395 e. The zero-order valence-electron chi connectivity index (χ0n) is 16.8. The Morgan fingerprint density at radius 1 is 1.21 bits per heavy atom. The fourth-order valence-electron chi connectivity index (χ4n) is 4.35. The second kappa shape index (κ2) is 8.22. The number of aliphatic hydroxyl groups excluding tert-OH is 1. The predicted octanol–water partition coefficient (Wildman–Crippen LogP) is 0.540. The van der Waals surface area contributed by atoms with Gasteiger partial charge in [0.05, 0.1) is 30.8 Å². The van der Waals surface area contributed by atoms with E-state index in [0.717, 1.165) is 5.56 Å². The molecule has 1 N–H and O–H groups in total. The van der Waals surface area contributed by atoms with Crippen LogP contribution in [0.5, 0.6) is 0 Å². The number of hydrogen-bond acceptors (Lipinski definition) is 8. The van der Waals surface area contributed by atoms with Crippen molar-refractivity contribution in [2.75, 3.05) is 31.2 Å². The van der Waals surface area contributed by atoms with E-state index < -0.39 is 46.3 Å². The van der Waals surface area contributed by atoms with Gasteiger partial charge in [-0.2, -0.15) is 0 Å². The van der Waals surface area contributed by atoms with Crippen molar-refractivity contribution in [1.82, 2.24) is 4.90 Å². The third-order valence-corrected chi connectivity index (χ3v) is 7.32. The number of benzene rings is 1. The van der Waals surface area contributed by atoms with Crippen molar-refractivity contribution < 1.29 is 32.5 Å². The van der Waals surface area contributed by atoms with E-state index in [0.29, 0.717) is 19.7 Å². The number of aliphatic hydroxyl groups is 1. The average molecular weight is 428 g/mol. The summed E-state index contributed by atoms with van der Waals surface area (Å²) in [5, 5.41) is 9.44. The SMILES string of the molecule is CC1(C)O[C@H]2O[C@H]([C@@H]3CS(=O)(=O)CCN3CCO)[C@H](OCc3ccccc3)[C@H]2O1. The predicted molar refractivity (Wildman–Crippen MR) is 105 cm³/mol. The van der Waals surface area contributed by atoms with E-state index in [9.17, 15) is 13.5 Å². The number of rotatable bonds is 6. The highest BCUT2D eigenvalue weighted by molar-refractivity contribution is 7.91. The molecule has 0 unspecified atom stereocenters. The van der Waals surface area contributed by atoms with Gasteiger partial charge in [0.1, 0.15) is 18.3 Å². The highest BCUT2D eigenvalue weighted by Gasteiger charge is 2.58. The summed E-state index contributed by atoms with van der Waals surface area (Å²) in [6.45, 7) is 4.70. The minimum atomic E-state index is -3.20. The maximum Gasteiger partial charge on any atom is 0.190 e. The summed E-state index contributed by atoms with van der Waals surface area (Å²) in [6, 6.07) is 9.35. The number of fused-ring (bicyclic) bond motifs is 1. The van der Waals surface area contributed by atoms with Gasteiger partial charge in [0.25, 0.3) is 0 Å². The van der Waals surface area contributed by atoms with Crippen LogP contribution in [0.25, 0.3) is 0 Å². The van der Waals surface area contributed by atoms with Crippen LogP contribution in [0.3, 0.4) is 0 Å². The average Bonchev–Trinajstić information content (AvgIpc) is 3.14. The highest BCUT2D eigenvalue weighted by atomic mass is 32.2. The summed E-state index contributed by atoms with van der Waals surface area (Å²) in [6.07, 6.45) is -2.08. The summed E-state index contributed by atoms with van der Waals surface area (Å²) in [5.41, 5.74) is 1.01. The second-order valence-corrected chi connectivity index (χ2v) is 10.5. The molecule has 1 aromatic rings. The van der Waals surface area contributed by atoms with E-state index in [1.54, 1.807) is 0 Å². The highest BCUT2D eigenvalue weighted by Crippen LogP contribution is 2.41. The third kappa shape index (κ3) is 4.66. The van der Waals surface area contributed by atoms with Crippen molar-refractivity contribution in [3.8, 4) is 0 Å². The second-order valence-electron chi connectivity index (χ2n) is 8.27. The van der Waals surface area contributed by atoms with Crippen LogP contribution in [-0.4, -0.2) is 86.1 Å². The first-order valence-electron chi connectivity index (χ1n) is 10.00. The molecule has 3 fully saturated rings. The minimum absolute atomic E-state index is 0.0360. The van der Waals surface area contributed by atoms with Crippen LogP contribution in [0.2, 0.25) is 0 Å². The third-order valence-electron chi connectivity index (χ3n) is 5.66. The van der Waals surface area contributed by atoms with E-state index in [-0.39, 0.29) is 18.1 Å². The molecular weight excluding hydrogens is 398 g/mol. The van der Waals surface area contributed by atoms with E-state index in [4.69, 9.17) is 18.9 Å². The zero-order chi connectivity index (χ0) is 20.6. The van der Waals surface area contributed by atoms with Gasteiger partial charge in [-0.3, -0.25) is 4.90 Å². The first kappa shape index (κ1) is 21.2. The molecule has 0 aliphatic carbocycles. The van der Waals surface area contributed by atoms with Gasteiger partial charge in [0.15, 0.2) is 21.9 Å². The van der Waals surface area contributed by atoms with Gasteiger partial charge in [0.2, 0.25) is 0 Å². The molecule has 3 heterocycles. The van der Waals surface area contributed by atoms with Gasteiger partial charge in [-0.05, 0) is 19.4 Å². The van der Waals surface area contributed by atoms with Gasteiger partial charge in [-0.25, -0.2) is 8.42 Å². The first-order chi connectivity index (χ1) is 13.8. The van der Waals surface area contributed by atoms with E-state index in [1.807, 2.05) is 49.1 Å². The molecule has 0 spiro atoms. The fraction of sp³-hybridized carbons (Fsp3) is 0.700. The largest absolute Gasteiger partial charge is 0.395 e. The molecule has 0 saturated carbocycles. The van der Waals surface area contributed by atoms with Crippen molar-refractivity contribution in [2.45, 2.75) is 56.9 Å². The van der Waals surface area contributed by atoms with Crippen LogP contribution < -0.4 is 0 Å².